The molecule has 0 bridgehead atoms. The van der Waals surface area contributed by atoms with Gasteiger partial charge in [0.25, 0.3) is 0 Å². The van der Waals surface area contributed by atoms with Crippen molar-refractivity contribution in [3.8, 4) is 11.5 Å². The summed E-state index contributed by atoms with van der Waals surface area (Å²) in [5.74, 6) is 0.445. The van der Waals surface area contributed by atoms with Crippen molar-refractivity contribution >= 4 is 22.9 Å². The van der Waals surface area contributed by atoms with Crippen molar-refractivity contribution in [3.05, 3.63) is 59.7 Å². The van der Waals surface area contributed by atoms with Crippen LogP contribution < -0.4 is 9.47 Å². The molecule has 1 aliphatic carbocycles. The SMILES string of the molecule is C=C(C)C(=O)Oc1c2c(c(OC(=O)OC)c3ccccc13)CC=CC2. The fourth-order valence-corrected chi connectivity index (χ4v) is 2.85. The Bertz CT molecular complexity index is 908. The molecule has 25 heavy (non-hydrogen) atoms. The van der Waals surface area contributed by atoms with E-state index in [0.717, 1.165) is 11.1 Å². The zero-order chi connectivity index (χ0) is 18.0. The molecule has 0 spiro atoms. The van der Waals surface area contributed by atoms with Gasteiger partial charge in [-0.05, 0) is 19.8 Å². The number of rotatable bonds is 3. The Balaban J connectivity index is 2.27. The Labute approximate surface area is 145 Å². The molecule has 3 rings (SSSR count). The molecule has 1 aliphatic rings. The molecule has 0 unspecified atom stereocenters. The molecule has 2 aromatic carbocycles. The normalized spacial score (nSPS) is 12.4. The molecule has 128 valence electrons. The number of hydrogen-bond acceptors (Lipinski definition) is 5. The van der Waals surface area contributed by atoms with Crippen LogP contribution in [0.4, 0.5) is 4.79 Å². The van der Waals surface area contributed by atoms with Gasteiger partial charge >= 0.3 is 12.1 Å². The van der Waals surface area contributed by atoms with Gasteiger partial charge in [-0.25, -0.2) is 9.59 Å². The third kappa shape index (κ3) is 3.13. The van der Waals surface area contributed by atoms with Crippen LogP contribution in [-0.4, -0.2) is 19.2 Å². The molecule has 0 amide bonds. The summed E-state index contributed by atoms with van der Waals surface area (Å²) in [4.78, 5) is 23.8. The van der Waals surface area contributed by atoms with Crippen LogP contribution in [0.25, 0.3) is 10.8 Å². The number of methoxy groups -OCH3 is 1. The Kier molecular flexibility index (Phi) is 4.57. The van der Waals surface area contributed by atoms with Gasteiger partial charge in [0.1, 0.15) is 11.5 Å². The van der Waals surface area contributed by atoms with Gasteiger partial charge < -0.3 is 14.2 Å². The van der Waals surface area contributed by atoms with E-state index in [0.29, 0.717) is 40.7 Å². The molecule has 0 N–H and O–H groups in total. The lowest BCUT2D eigenvalue weighted by Gasteiger charge is -2.22. The molecule has 0 saturated carbocycles. The first kappa shape index (κ1) is 16.8. The maximum absolute atomic E-state index is 12.1. The highest BCUT2D eigenvalue weighted by Crippen LogP contribution is 2.43. The van der Waals surface area contributed by atoms with Gasteiger partial charge in [-0.3, -0.25) is 0 Å². The summed E-state index contributed by atoms with van der Waals surface area (Å²) < 4.78 is 15.7. The second-order valence-electron chi connectivity index (χ2n) is 5.77. The largest absolute Gasteiger partial charge is 0.513 e. The predicted octanol–water partition coefficient (Wildman–Crippen LogP) is 4.12. The zero-order valence-corrected chi connectivity index (χ0v) is 14.1. The van der Waals surface area contributed by atoms with Gasteiger partial charge in [-0.15, -0.1) is 0 Å². The van der Waals surface area contributed by atoms with E-state index in [2.05, 4.69) is 11.3 Å². The van der Waals surface area contributed by atoms with Gasteiger partial charge in [0, 0.05) is 27.5 Å². The fourth-order valence-electron chi connectivity index (χ4n) is 2.85. The minimum atomic E-state index is -0.784. The summed E-state index contributed by atoms with van der Waals surface area (Å²) in [5, 5.41) is 1.39. The molecule has 0 radical (unpaired) electrons. The Morgan fingerprint density at radius 3 is 1.96 bits per heavy atom. The van der Waals surface area contributed by atoms with Crippen molar-refractivity contribution in [3.63, 3.8) is 0 Å². The molecule has 0 heterocycles. The minimum absolute atomic E-state index is 0.319. The minimum Gasteiger partial charge on any atom is -0.437 e. The Morgan fingerprint density at radius 2 is 1.48 bits per heavy atom. The molecule has 0 aliphatic heterocycles. The molecule has 2 aromatic rings. The van der Waals surface area contributed by atoms with E-state index in [1.165, 1.54) is 7.11 Å². The fraction of sp³-hybridized carbons (Fsp3) is 0.200. The van der Waals surface area contributed by atoms with E-state index in [4.69, 9.17) is 9.47 Å². The number of hydrogen-bond donors (Lipinski definition) is 0. The standard InChI is InChI=1S/C20H18O5/c1-12(2)19(21)24-17-13-8-4-6-10-15(13)18(25-20(22)23-3)16-11-7-5-9-14(16)17/h4-8,10H,1,9,11H2,2-3H3. The van der Waals surface area contributed by atoms with Gasteiger partial charge in [-0.1, -0.05) is 43.0 Å². The van der Waals surface area contributed by atoms with E-state index >= 15 is 0 Å². The monoisotopic (exact) mass is 338 g/mol. The molecule has 5 heteroatoms. The number of benzene rings is 2. The maximum Gasteiger partial charge on any atom is 0.513 e. The molecule has 0 aromatic heterocycles. The molecular weight excluding hydrogens is 320 g/mol. The molecule has 0 saturated heterocycles. The van der Waals surface area contributed by atoms with Crippen molar-refractivity contribution in [2.75, 3.05) is 7.11 Å². The summed E-state index contributed by atoms with van der Waals surface area (Å²) in [6.07, 6.45) is 4.36. The van der Waals surface area contributed by atoms with Crippen molar-refractivity contribution in [2.45, 2.75) is 19.8 Å². The van der Waals surface area contributed by atoms with E-state index in [1.807, 2.05) is 36.4 Å². The summed E-state index contributed by atoms with van der Waals surface area (Å²) in [6, 6.07) is 7.33. The van der Waals surface area contributed by atoms with Crippen LogP contribution in [0, 0.1) is 0 Å². The third-order valence-electron chi connectivity index (χ3n) is 4.03. The quantitative estimate of drug-likeness (QED) is 0.277. The number of fused-ring (bicyclic) bond motifs is 2. The van der Waals surface area contributed by atoms with Gasteiger partial charge in [0.2, 0.25) is 0 Å². The highest BCUT2D eigenvalue weighted by Gasteiger charge is 2.25. The lowest BCUT2D eigenvalue weighted by molar-refractivity contribution is -0.130. The van der Waals surface area contributed by atoms with Gasteiger partial charge in [0.05, 0.1) is 7.11 Å². The van der Waals surface area contributed by atoms with Crippen LogP contribution in [0.1, 0.15) is 18.1 Å². The second kappa shape index (κ2) is 6.81. The summed E-state index contributed by atoms with van der Waals surface area (Å²) >= 11 is 0. The molecular formula is C20H18O5. The lowest BCUT2D eigenvalue weighted by atomic mass is 9.90. The zero-order valence-electron chi connectivity index (χ0n) is 14.1. The van der Waals surface area contributed by atoms with Crippen LogP contribution >= 0.6 is 0 Å². The number of esters is 1. The van der Waals surface area contributed by atoms with Crippen LogP contribution in [0.2, 0.25) is 0 Å². The van der Waals surface area contributed by atoms with Crippen LogP contribution in [0.3, 0.4) is 0 Å². The van der Waals surface area contributed by atoms with Crippen LogP contribution in [0.5, 0.6) is 11.5 Å². The average Bonchev–Trinajstić information content (AvgIpc) is 2.63. The first-order valence-electron chi connectivity index (χ1n) is 7.87. The van der Waals surface area contributed by atoms with E-state index in [1.54, 1.807) is 6.92 Å². The lowest BCUT2D eigenvalue weighted by Crippen LogP contribution is -2.15. The predicted molar refractivity (Wildman–Crippen MR) is 94.0 cm³/mol. The van der Waals surface area contributed by atoms with E-state index < -0.39 is 12.1 Å². The van der Waals surface area contributed by atoms with Crippen molar-refractivity contribution in [1.82, 2.24) is 0 Å². The van der Waals surface area contributed by atoms with Crippen molar-refractivity contribution < 1.29 is 23.8 Å². The summed E-state index contributed by atoms with van der Waals surface area (Å²) in [6.45, 7) is 5.24. The first-order chi connectivity index (χ1) is 12.0. The van der Waals surface area contributed by atoms with Crippen molar-refractivity contribution in [1.29, 1.82) is 0 Å². The third-order valence-corrected chi connectivity index (χ3v) is 4.03. The topological polar surface area (TPSA) is 61.8 Å². The maximum atomic E-state index is 12.1. The number of ether oxygens (including phenoxy) is 3. The summed E-state index contributed by atoms with van der Waals surface area (Å²) in [7, 11) is 1.26. The average molecular weight is 338 g/mol. The highest BCUT2D eigenvalue weighted by molar-refractivity contribution is 6.00. The van der Waals surface area contributed by atoms with Crippen LogP contribution in [0.15, 0.2) is 48.6 Å². The van der Waals surface area contributed by atoms with Crippen LogP contribution in [-0.2, 0) is 22.4 Å². The number of allylic oxidation sites excluding steroid dienone is 2. The van der Waals surface area contributed by atoms with E-state index in [9.17, 15) is 9.59 Å². The molecule has 0 atom stereocenters. The summed E-state index contributed by atoms with van der Waals surface area (Å²) in [5.41, 5.74) is 1.96. The first-order valence-corrected chi connectivity index (χ1v) is 7.87. The highest BCUT2D eigenvalue weighted by atomic mass is 16.7. The van der Waals surface area contributed by atoms with Gasteiger partial charge in [-0.2, -0.15) is 0 Å². The van der Waals surface area contributed by atoms with Crippen molar-refractivity contribution in [2.24, 2.45) is 0 Å². The second-order valence-corrected chi connectivity index (χ2v) is 5.77. The molecule has 5 nitrogen and oxygen atoms in total. The Morgan fingerprint density at radius 1 is 0.960 bits per heavy atom. The number of carbonyl (C=O) groups excluding carboxylic acids is 2. The van der Waals surface area contributed by atoms with E-state index in [-0.39, 0.29) is 0 Å². The smallest absolute Gasteiger partial charge is 0.437 e. The number of carbonyl (C=O) groups is 2. The Hall–Kier alpha value is -3.08. The van der Waals surface area contributed by atoms with Gasteiger partial charge in [0.15, 0.2) is 0 Å². The molecule has 0 fully saturated rings.